The quantitative estimate of drug-likeness (QED) is 0.872. The Morgan fingerprint density at radius 2 is 1.89 bits per heavy atom. The molecule has 1 aromatic rings. The Kier molecular flexibility index (Phi) is 6.18. The number of aliphatic hydroxyl groups excluding tert-OH is 1. The number of amides is 1. The lowest BCUT2D eigenvalue weighted by atomic mass is 10.0. The average Bonchev–Trinajstić information content (AvgIpc) is 2.37. The number of benzene rings is 1. The molecule has 3 unspecified atom stereocenters. The van der Waals surface area contributed by atoms with Crippen molar-refractivity contribution in [2.75, 3.05) is 6.26 Å². The number of hydrogen-bond acceptors (Lipinski definition) is 3. The van der Waals surface area contributed by atoms with Gasteiger partial charge in [0, 0.05) is 4.47 Å². The number of rotatable bonds is 5. The summed E-state index contributed by atoms with van der Waals surface area (Å²) >= 11 is 4.83. The number of aliphatic hydroxyl groups is 1. The van der Waals surface area contributed by atoms with Crippen molar-refractivity contribution < 1.29 is 9.90 Å². The van der Waals surface area contributed by atoms with Gasteiger partial charge in [0.1, 0.15) is 0 Å². The number of halogens is 1. The molecule has 0 saturated carbocycles. The normalized spacial score (nSPS) is 15.8. The van der Waals surface area contributed by atoms with Crippen LogP contribution in [0.5, 0.6) is 0 Å². The monoisotopic (exact) mass is 331 g/mol. The van der Waals surface area contributed by atoms with Crippen LogP contribution < -0.4 is 5.32 Å². The summed E-state index contributed by atoms with van der Waals surface area (Å²) < 4.78 is 0.964. The first-order valence-electron chi connectivity index (χ1n) is 5.72. The Hall–Kier alpha value is -0.520. The standard InChI is InChI=1S/C13H18BrNO2S/c1-8(15-13(17)9(2)18-3)12(16)10-4-6-11(14)7-5-10/h4-9,12,16H,1-3H3,(H,15,17). The van der Waals surface area contributed by atoms with Gasteiger partial charge in [0.2, 0.25) is 5.91 Å². The molecule has 18 heavy (non-hydrogen) atoms. The van der Waals surface area contributed by atoms with Crippen molar-refractivity contribution in [3.63, 3.8) is 0 Å². The van der Waals surface area contributed by atoms with Crippen LogP contribution in [0.1, 0.15) is 25.5 Å². The highest BCUT2D eigenvalue weighted by atomic mass is 79.9. The maximum atomic E-state index is 11.7. The molecule has 0 heterocycles. The van der Waals surface area contributed by atoms with Gasteiger partial charge in [-0.2, -0.15) is 11.8 Å². The van der Waals surface area contributed by atoms with Gasteiger partial charge in [-0.15, -0.1) is 0 Å². The molecule has 3 nitrogen and oxygen atoms in total. The number of carbonyl (C=O) groups is 1. The lowest BCUT2D eigenvalue weighted by molar-refractivity contribution is -0.121. The van der Waals surface area contributed by atoms with Crippen molar-refractivity contribution >= 4 is 33.6 Å². The van der Waals surface area contributed by atoms with Gasteiger partial charge in [-0.25, -0.2) is 0 Å². The topological polar surface area (TPSA) is 49.3 Å². The van der Waals surface area contributed by atoms with Crippen LogP contribution in [0.3, 0.4) is 0 Å². The van der Waals surface area contributed by atoms with E-state index in [-0.39, 0.29) is 17.2 Å². The number of nitrogens with one attached hydrogen (secondary N) is 1. The van der Waals surface area contributed by atoms with Crippen LogP contribution in [0.25, 0.3) is 0 Å². The lowest BCUT2D eigenvalue weighted by Gasteiger charge is -2.22. The second-order valence-corrected chi connectivity index (χ2v) is 6.27. The number of carbonyl (C=O) groups excluding carboxylic acids is 1. The number of hydrogen-bond donors (Lipinski definition) is 2. The molecule has 1 rings (SSSR count). The Bertz CT molecular complexity index is 396. The van der Waals surface area contributed by atoms with Gasteiger partial charge in [0.25, 0.3) is 0 Å². The molecule has 0 spiro atoms. The van der Waals surface area contributed by atoms with Gasteiger partial charge in [-0.05, 0) is 37.8 Å². The molecule has 0 aliphatic carbocycles. The highest BCUT2D eigenvalue weighted by Crippen LogP contribution is 2.20. The average molecular weight is 332 g/mol. The summed E-state index contributed by atoms with van der Waals surface area (Å²) in [6.07, 6.45) is 1.19. The van der Waals surface area contributed by atoms with Crippen molar-refractivity contribution in [2.45, 2.75) is 31.2 Å². The molecule has 0 fully saturated rings. The summed E-state index contributed by atoms with van der Waals surface area (Å²) in [6, 6.07) is 7.12. The Morgan fingerprint density at radius 1 is 1.33 bits per heavy atom. The van der Waals surface area contributed by atoms with E-state index >= 15 is 0 Å². The molecule has 3 atom stereocenters. The van der Waals surface area contributed by atoms with E-state index in [1.807, 2.05) is 37.4 Å². The Labute approximate surface area is 120 Å². The van der Waals surface area contributed by atoms with Gasteiger partial charge < -0.3 is 10.4 Å². The predicted octanol–water partition coefficient (Wildman–Crippen LogP) is 2.74. The fraction of sp³-hybridized carbons (Fsp3) is 0.462. The van der Waals surface area contributed by atoms with Crippen LogP contribution in [-0.2, 0) is 4.79 Å². The first-order chi connectivity index (χ1) is 8.45. The van der Waals surface area contributed by atoms with Gasteiger partial charge in [-0.1, -0.05) is 28.1 Å². The van der Waals surface area contributed by atoms with Crippen LogP contribution in [-0.4, -0.2) is 28.6 Å². The van der Waals surface area contributed by atoms with Crippen LogP contribution in [0.2, 0.25) is 0 Å². The molecule has 0 bridgehead atoms. The van der Waals surface area contributed by atoms with E-state index < -0.39 is 6.10 Å². The first-order valence-corrected chi connectivity index (χ1v) is 7.80. The molecular formula is C13H18BrNO2S. The van der Waals surface area contributed by atoms with Gasteiger partial charge in [0.05, 0.1) is 17.4 Å². The van der Waals surface area contributed by atoms with E-state index in [1.54, 1.807) is 6.92 Å². The van der Waals surface area contributed by atoms with Crippen LogP contribution in [0, 0.1) is 0 Å². The summed E-state index contributed by atoms with van der Waals surface area (Å²) in [6.45, 7) is 3.65. The third-order valence-corrected chi connectivity index (χ3v) is 4.23. The van der Waals surface area contributed by atoms with Crippen molar-refractivity contribution in [2.24, 2.45) is 0 Å². The summed E-state index contributed by atoms with van der Waals surface area (Å²) in [7, 11) is 0. The number of thioether (sulfide) groups is 1. The maximum absolute atomic E-state index is 11.7. The molecule has 1 amide bonds. The van der Waals surface area contributed by atoms with E-state index in [2.05, 4.69) is 21.2 Å². The largest absolute Gasteiger partial charge is 0.386 e. The van der Waals surface area contributed by atoms with E-state index in [4.69, 9.17) is 0 Å². The van der Waals surface area contributed by atoms with Crippen LogP contribution in [0.4, 0.5) is 0 Å². The molecule has 2 N–H and O–H groups in total. The van der Waals surface area contributed by atoms with Gasteiger partial charge in [0.15, 0.2) is 0 Å². The smallest absolute Gasteiger partial charge is 0.233 e. The zero-order valence-electron chi connectivity index (χ0n) is 10.7. The van der Waals surface area contributed by atoms with E-state index in [1.165, 1.54) is 11.8 Å². The highest BCUT2D eigenvalue weighted by Gasteiger charge is 2.20. The molecule has 1 aromatic carbocycles. The fourth-order valence-corrected chi connectivity index (χ4v) is 2.02. The zero-order chi connectivity index (χ0) is 13.7. The van der Waals surface area contributed by atoms with E-state index in [9.17, 15) is 9.90 Å². The van der Waals surface area contributed by atoms with E-state index in [0.29, 0.717) is 0 Å². The first kappa shape index (κ1) is 15.5. The molecule has 5 heteroatoms. The van der Waals surface area contributed by atoms with Crippen molar-refractivity contribution in [3.8, 4) is 0 Å². The third-order valence-electron chi connectivity index (χ3n) is 2.78. The molecule has 0 radical (unpaired) electrons. The predicted molar refractivity (Wildman–Crippen MR) is 79.7 cm³/mol. The molecular weight excluding hydrogens is 314 g/mol. The highest BCUT2D eigenvalue weighted by molar-refractivity contribution is 9.10. The minimum atomic E-state index is -0.698. The maximum Gasteiger partial charge on any atom is 0.233 e. The minimum Gasteiger partial charge on any atom is -0.386 e. The summed E-state index contributed by atoms with van der Waals surface area (Å²) in [5, 5.41) is 12.9. The Morgan fingerprint density at radius 3 is 2.39 bits per heavy atom. The molecule has 0 aliphatic heterocycles. The van der Waals surface area contributed by atoms with Crippen LogP contribution >= 0.6 is 27.7 Å². The molecule has 0 saturated heterocycles. The van der Waals surface area contributed by atoms with Crippen LogP contribution in [0.15, 0.2) is 28.7 Å². The molecule has 100 valence electrons. The molecule has 0 aromatic heterocycles. The van der Waals surface area contributed by atoms with Crippen molar-refractivity contribution in [3.05, 3.63) is 34.3 Å². The SMILES string of the molecule is CSC(C)C(=O)NC(C)C(O)c1ccc(Br)cc1. The third kappa shape index (κ3) is 4.30. The molecule has 0 aliphatic rings. The minimum absolute atomic E-state index is 0.0499. The van der Waals surface area contributed by atoms with Crippen molar-refractivity contribution in [1.82, 2.24) is 5.32 Å². The van der Waals surface area contributed by atoms with Gasteiger partial charge >= 0.3 is 0 Å². The second-order valence-electron chi connectivity index (χ2n) is 4.17. The summed E-state index contributed by atoms with van der Waals surface area (Å²) in [5.41, 5.74) is 0.794. The van der Waals surface area contributed by atoms with Gasteiger partial charge in [-0.3, -0.25) is 4.79 Å². The Balaban J connectivity index is 2.64. The van der Waals surface area contributed by atoms with E-state index in [0.717, 1.165) is 10.0 Å². The van der Waals surface area contributed by atoms with Crippen molar-refractivity contribution in [1.29, 1.82) is 0 Å². The second kappa shape index (κ2) is 7.16. The summed E-state index contributed by atoms with van der Waals surface area (Å²) in [4.78, 5) is 11.7. The fourth-order valence-electron chi connectivity index (χ4n) is 1.48. The zero-order valence-corrected chi connectivity index (χ0v) is 13.1. The lowest BCUT2D eigenvalue weighted by Crippen LogP contribution is -2.40. The summed E-state index contributed by atoms with van der Waals surface area (Å²) in [5.74, 6) is -0.0499.